The minimum atomic E-state index is -0.00514. The second-order valence-electron chi connectivity index (χ2n) is 4.19. The Morgan fingerprint density at radius 2 is 1.95 bits per heavy atom. The summed E-state index contributed by atoms with van der Waals surface area (Å²) in [5.41, 5.74) is 2.22. The van der Waals surface area contributed by atoms with Crippen molar-refractivity contribution in [2.75, 3.05) is 14.2 Å². The van der Waals surface area contributed by atoms with Crippen molar-refractivity contribution in [1.82, 2.24) is 0 Å². The summed E-state index contributed by atoms with van der Waals surface area (Å²) < 4.78 is 10.9. The molecule has 2 rings (SSSR count). The number of fused-ring (bicyclic) bond motifs is 1. The molecule has 2 aromatic rings. The van der Waals surface area contributed by atoms with Crippen LogP contribution in [-0.2, 0) is 5.32 Å². The van der Waals surface area contributed by atoms with E-state index in [9.17, 15) is 0 Å². The van der Waals surface area contributed by atoms with Crippen LogP contribution in [0.2, 0.25) is 0 Å². The molecule has 0 atom stereocenters. The number of rotatable bonds is 4. The van der Waals surface area contributed by atoms with Gasteiger partial charge in [-0.05, 0) is 0 Å². The first-order chi connectivity index (χ1) is 9.21. The topological polar surface area (TPSA) is 42.2 Å². The van der Waals surface area contributed by atoms with Crippen molar-refractivity contribution < 1.29 is 9.47 Å². The second-order valence-corrected chi connectivity index (χ2v) is 5.78. The molecule has 0 aliphatic rings. The predicted octanol–water partition coefficient (Wildman–Crippen LogP) is 2.85. The molecular weight excluding hydrogens is 305 g/mol. The molecule has 0 spiro atoms. The zero-order valence-electron chi connectivity index (χ0n) is 11.2. The van der Waals surface area contributed by atoms with Gasteiger partial charge in [0.25, 0.3) is 0 Å². The van der Waals surface area contributed by atoms with Gasteiger partial charge < -0.3 is 0 Å². The first-order valence-corrected chi connectivity index (χ1v) is 7.93. The van der Waals surface area contributed by atoms with E-state index < -0.39 is 0 Å². The monoisotopic (exact) mass is 321 g/mol. The third-order valence-electron chi connectivity index (χ3n) is 3.03. The Kier molecular flexibility index (Phi) is 4.31. The number of benzene rings is 2. The van der Waals surface area contributed by atoms with Gasteiger partial charge in [0.1, 0.15) is 0 Å². The van der Waals surface area contributed by atoms with E-state index >= 15 is 0 Å². The third kappa shape index (κ3) is 2.68. The molecule has 0 aliphatic carbocycles. The number of hydrogen-bond donors (Lipinski definition) is 0. The molecule has 0 unspecified atom stereocenters. The standard InChI is InChI=1S/C15H15NO2Se/c1-10-6-14(17-2)12-5-4-11(8-19-9-16)7-13(12)15(10)18-3/h4-7H,8H2,1-3H3. The van der Waals surface area contributed by atoms with Crippen molar-refractivity contribution in [3.63, 3.8) is 0 Å². The molecule has 2 aromatic carbocycles. The Labute approximate surface area is 119 Å². The number of aryl methyl sites for hydroxylation is 1. The summed E-state index contributed by atoms with van der Waals surface area (Å²) in [6.45, 7) is 2.01. The summed E-state index contributed by atoms with van der Waals surface area (Å²) in [5, 5.41) is 11.6. The second kappa shape index (κ2) is 5.97. The van der Waals surface area contributed by atoms with Crippen LogP contribution >= 0.6 is 0 Å². The van der Waals surface area contributed by atoms with Gasteiger partial charge in [0.15, 0.2) is 0 Å². The molecule has 0 fully saturated rings. The summed E-state index contributed by atoms with van der Waals surface area (Å²) in [4.78, 5) is 2.23. The molecule has 0 saturated heterocycles. The summed E-state index contributed by atoms with van der Waals surface area (Å²) in [6.07, 6.45) is 0. The predicted molar refractivity (Wildman–Crippen MR) is 76.9 cm³/mol. The van der Waals surface area contributed by atoms with E-state index in [1.807, 2.05) is 19.1 Å². The van der Waals surface area contributed by atoms with Crippen molar-refractivity contribution in [1.29, 1.82) is 5.26 Å². The van der Waals surface area contributed by atoms with Crippen LogP contribution in [0.3, 0.4) is 0 Å². The number of nitrogens with zero attached hydrogens (tertiary/aromatic N) is 1. The average Bonchev–Trinajstić information content (AvgIpc) is 2.44. The minimum absolute atomic E-state index is 0.00514. The van der Waals surface area contributed by atoms with Crippen molar-refractivity contribution in [2.45, 2.75) is 12.2 Å². The summed E-state index contributed by atoms with van der Waals surface area (Å²) in [5.74, 6) is 1.73. The molecule has 0 N–H and O–H groups in total. The molecule has 0 aromatic heterocycles. The molecule has 3 nitrogen and oxygen atoms in total. The molecule has 19 heavy (non-hydrogen) atoms. The Bertz CT molecular complexity index is 647. The fourth-order valence-electron chi connectivity index (χ4n) is 2.19. The van der Waals surface area contributed by atoms with Gasteiger partial charge in [-0.25, -0.2) is 0 Å². The van der Waals surface area contributed by atoms with Crippen molar-refractivity contribution >= 4 is 25.7 Å². The van der Waals surface area contributed by atoms with Crippen molar-refractivity contribution in [3.8, 4) is 16.5 Å². The summed E-state index contributed by atoms with van der Waals surface area (Å²) >= 11 is -0.00514. The van der Waals surface area contributed by atoms with E-state index in [4.69, 9.17) is 14.7 Å². The van der Waals surface area contributed by atoms with Crippen LogP contribution in [0, 0.1) is 17.2 Å². The van der Waals surface area contributed by atoms with Gasteiger partial charge >= 0.3 is 119 Å². The van der Waals surface area contributed by atoms with E-state index in [-0.39, 0.29) is 15.0 Å². The van der Waals surface area contributed by atoms with Crippen LogP contribution in [0.25, 0.3) is 10.8 Å². The van der Waals surface area contributed by atoms with Crippen molar-refractivity contribution in [3.05, 3.63) is 35.4 Å². The SMILES string of the molecule is COc1cc(C)c(OC)c2cc(C[Se]C#N)ccc12. The van der Waals surface area contributed by atoms with E-state index in [0.717, 1.165) is 33.2 Å². The molecule has 0 aliphatic heterocycles. The fraction of sp³-hybridized carbons (Fsp3) is 0.267. The number of hydrogen-bond acceptors (Lipinski definition) is 3. The van der Waals surface area contributed by atoms with Gasteiger partial charge in [-0.1, -0.05) is 0 Å². The average molecular weight is 320 g/mol. The first kappa shape index (κ1) is 13.7. The van der Waals surface area contributed by atoms with Gasteiger partial charge in [0, 0.05) is 0 Å². The van der Waals surface area contributed by atoms with E-state index in [1.165, 1.54) is 5.56 Å². The summed E-state index contributed by atoms with van der Waals surface area (Å²) in [7, 11) is 3.35. The maximum absolute atomic E-state index is 8.70. The van der Waals surface area contributed by atoms with Crippen LogP contribution in [0.15, 0.2) is 24.3 Å². The number of methoxy groups -OCH3 is 2. The quantitative estimate of drug-likeness (QED) is 0.814. The Morgan fingerprint density at radius 3 is 2.58 bits per heavy atom. The van der Waals surface area contributed by atoms with Crippen molar-refractivity contribution in [2.24, 2.45) is 0 Å². The molecule has 0 radical (unpaired) electrons. The molecule has 0 bridgehead atoms. The van der Waals surface area contributed by atoms with Gasteiger partial charge in [-0.15, -0.1) is 0 Å². The summed E-state index contributed by atoms with van der Waals surface area (Å²) in [6, 6.07) is 8.18. The molecule has 98 valence electrons. The molecule has 4 heteroatoms. The fourth-order valence-corrected chi connectivity index (χ4v) is 3.05. The van der Waals surface area contributed by atoms with E-state index in [1.54, 1.807) is 14.2 Å². The third-order valence-corrected chi connectivity index (χ3v) is 4.30. The normalized spacial score (nSPS) is 10.2. The maximum atomic E-state index is 8.70. The first-order valence-electron chi connectivity index (χ1n) is 5.86. The molecule has 0 amide bonds. The van der Waals surface area contributed by atoms with Crippen LogP contribution in [-0.4, -0.2) is 29.2 Å². The Morgan fingerprint density at radius 1 is 1.16 bits per heavy atom. The zero-order chi connectivity index (χ0) is 13.8. The van der Waals surface area contributed by atoms with E-state index in [2.05, 4.69) is 17.1 Å². The van der Waals surface area contributed by atoms with Gasteiger partial charge in [0.05, 0.1) is 0 Å². The zero-order valence-corrected chi connectivity index (χ0v) is 12.9. The molecule has 0 heterocycles. The van der Waals surface area contributed by atoms with Crippen LogP contribution in [0.5, 0.6) is 11.5 Å². The van der Waals surface area contributed by atoms with E-state index in [0.29, 0.717) is 0 Å². The van der Waals surface area contributed by atoms with Gasteiger partial charge in [-0.3, -0.25) is 0 Å². The van der Waals surface area contributed by atoms with Gasteiger partial charge in [0.2, 0.25) is 0 Å². The molecular formula is C15H15NO2Se. The number of ether oxygens (including phenoxy) is 2. The van der Waals surface area contributed by atoms with Crippen LogP contribution in [0.1, 0.15) is 11.1 Å². The van der Waals surface area contributed by atoms with Crippen LogP contribution in [0.4, 0.5) is 0 Å². The van der Waals surface area contributed by atoms with Gasteiger partial charge in [-0.2, -0.15) is 0 Å². The number of nitriles is 1. The Balaban J connectivity index is 2.64. The molecule has 0 saturated carbocycles. The van der Waals surface area contributed by atoms with Crippen LogP contribution < -0.4 is 9.47 Å². The Hall–Kier alpha value is -1.69.